The average molecular weight is 404 g/mol. The largest absolute Gasteiger partial charge is 0.417 e. The Morgan fingerprint density at radius 3 is 1.93 bits per heavy atom. The molecule has 0 spiro atoms. The molecule has 2 aromatic carbocycles. The zero-order valence-corrected chi connectivity index (χ0v) is 15.1. The van der Waals surface area contributed by atoms with Gasteiger partial charge in [0.2, 0.25) is 0 Å². The van der Waals surface area contributed by atoms with Gasteiger partial charge in [0.25, 0.3) is 0 Å². The Bertz CT molecular complexity index is 824. The number of hydrogen-bond acceptors (Lipinski definition) is 1. The predicted octanol–water partition coefficient (Wildman–Crippen LogP) is 6.26. The van der Waals surface area contributed by atoms with E-state index in [0.29, 0.717) is 37.0 Å². The van der Waals surface area contributed by atoms with Crippen molar-refractivity contribution in [2.45, 2.75) is 26.2 Å². The molecule has 0 radical (unpaired) electrons. The number of benzene rings is 2. The van der Waals surface area contributed by atoms with Crippen molar-refractivity contribution in [3.8, 4) is 11.1 Å². The lowest BCUT2D eigenvalue weighted by Gasteiger charge is -2.19. The van der Waals surface area contributed by atoms with E-state index in [-0.39, 0.29) is 11.6 Å². The highest BCUT2D eigenvalue weighted by molar-refractivity contribution is 5.89. The standard InChI is InChI=1S/C19H18F6N2O/c1-3-27(4-2)17(28)26-14-8-5-12(6-9-14)15-11-13(18(20,21)22)7-10-16(15)19(23,24)25/h5-11H,3-4H2,1-2H3,(H,26,28). The van der Waals surface area contributed by atoms with Crippen molar-refractivity contribution in [3.05, 3.63) is 53.6 Å². The van der Waals surface area contributed by atoms with Gasteiger partial charge in [0.1, 0.15) is 0 Å². The van der Waals surface area contributed by atoms with Gasteiger partial charge in [0.05, 0.1) is 11.1 Å². The van der Waals surface area contributed by atoms with Gasteiger partial charge < -0.3 is 10.2 Å². The molecule has 3 nitrogen and oxygen atoms in total. The van der Waals surface area contributed by atoms with Crippen LogP contribution in [0.25, 0.3) is 11.1 Å². The minimum absolute atomic E-state index is 0.0423. The lowest BCUT2D eigenvalue weighted by molar-refractivity contribution is -0.141. The van der Waals surface area contributed by atoms with Gasteiger partial charge in [-0.3, -0.25) is 0 Å². The molecule has 0 unspecified atom stereocenters. The summed E-state index contributed by atoms with van der Waals surface area (Å²) in [5.74, 6) is 0. The third kappa shape index (κ3) is 4.96. The summed E-state index contributed by atoms with van der Waals surface area (Å²) < 4.78 is 78.5. The molecular formula is C19H18F6N2O. The molecule has 0 fully saturated rings. The van der Waals surface area contributed by atoms with Crippen LogP contribution in [0.15, 0.2) is 42.5 Å². The van der Waals surface area contributed by atoms with Crippen molar-refractivity contribution in [1.82, 2.24) is 4.90 Å². The third-order valence-electron chi connectivity index (χ3n) is 4.15. The summed E-state index contributed by atoms with van der Waals surface area (Å²) in [4.78, 5) is 13.5. The van der Waals surface area contributed by atoms with Crippen LogP contribution in [0.1, 0.15) is 25.0 Å². The van der Waals surface area contributed by atoms with Crippen molar-refractivity contribution in [2.75, 3.05) is 18.4 Å². The molecule has 0 saturated heterocycles. The summed E-state index contributed by atoms with van der Waals surface area (Å²) in [5, 5.41) is 2.59. The molecule has 0 aliphatic carbocycles. The summed E-state index contributed by atoms with van der Waals surface area (Å²) in [6.07, 6.45) is -9.58. The summed E-state index contributed by atoms with van der Waals surface area (Å²) in [6, 6.07) is 6.10. The van der Waals surface area contributed by atoms with E-state index in [2.05, 4.69) is 5.32 Å². The van der Waals surface area contributed by atoms with E-state index in [1.54, 1.807) is 13.8 Å². The molecular weight excluding hydrogens is 386 g/mol. The first kappa shape index (κ1) is 21.6. The molecule has 9 heteroatoms. The number of halogens is 6. The van der Waals surface area contributed by atoms with Gasteiger partial charge >= 0.3 is 18.4 Å². The van der Waals surface area contributed by atoms with Crippen molar-refractivity contribution in [1.29, 1.82) is 0 Å². The molecule has 2 aromatic rings. The SMILES string of the molecule is CCN(CC)C(=O)Nc1ccc(-c2cc(C(F)(F)F)ccc2C(F)(F)F)cc1. The second-order valence-corrected chi connectivity index (χ2v) is 5.94. The highest BCUT2D eigenvalue weighted by atomic mass is 19.4. The molecule has 0 heterocycles. The molecule has 2 rings (SSSR count). The summed E-state index contributed by atoms with van der Waals surface area (Å²) in [5.41, 5.74) is -2.64. The van der Waals surface area contributed by atoms with E-state index in [4.69, 9.17) is 0 Å². The monoisotopic (exact) mass is 404 g/mol. The maximum absolute atomic E-state index is 13.2. The average Bonchev–Trinajstić information content (AvgIpc) is 2.61. The Labute approximate surface area is 158 Å². The minimum atomic E-state index is -4.81. The van der Waals surface area contributed by atoms with Crippen LogP contribution in [0.4, 0.5) is 36.8 Å². The lowest BCUT2D eigenvalue weighted by atomic mass is 9.96. The molecule has 28 heavy (non-hydrogen) atoms. The van der Waals surface area contributed by atoms with Crippen LogP contribution in [0.3, 0.4) is 0 Å². The first-order valence-electron chi connectivity index (χ1n) is 8.42. The summed E-state index contributed by atoms with van der Waals surface area (Å²) in [7, 11) is 0. The number of nitrogens with zero attached hydrogens (tertiary/aromatic N) is 1. The van der Waals surface area contributed by atoms with E-state index >= 15 is 0 Å². The number of hydrogen-bond donors (Lipinski definition) is 1. The van der Waals surface area contributed by atoms with Crippen molar-refractivity contribution in [3.63, 3.8) is 0 Å². The zero-order chi connectivity index (χ0) is 21.1. The smallest absolute Gasteiger partial charge is 0.325 e. The van der Waals surface area contributed by atoms with Crippen LogP contribution < -0.4 is 5.32 Å². The topological polar surface area (TPSA) is 32.3 Å². The molecule has 0 aromatic heterocycles. The third-order valence-corrected chi connectivity index (χ3v) is 4.15. The number of amides is 2. The van der Waals surface area contributed by atoms with Crippen LogP contribution in [0.5, 0.6) is 0 Å². The van der Waals surface area contributed by atoms with Crippen molar-refractivity contribution < 1.29 is 31.1 Å². The number of nitrogens with one attached hydrogen (secondary N) is 1. The minimum Gasteiger partial charge on any atom is -0.325 e. The first-order valence-corrected chi connectivity index (χ1v) is 8.42. The zero-order valence-electron chi connectivity index (χ0n) is 15.1. The van der Waals surface area contributed by atoms with Gasteiger partial charge in [-0.15, -0.1) is 0 Å². The molecule has 0 aliphatic heterocycles. The normalized spacial score (nSPS) is 12.0. The van der Waals surface area contributed by atoms with Gasteiger partial charge in [-0.05, 0) is 55.3 Å². The molecule has 1 N–H and O–H groups in total. The van der Waals surface area contributed by atoms with Crippen molar-refractivity contribution >= 4 is 11.7 Å². The van der Waals surface area contributed by atoms with Crippen LogP contribution in [-0.2, 0) is 12.4 Å². The van der Waals surface area contributed by atoms with E-state index in [0.717, 1.165) is 0 Å². The van der Waals surface area contributed by atoms with Crippen LogP contribution >= 0.6 is 0 Å². The number of urea groups is 1. The quantitative estimate of drug-likeness (QED) is 0.599. The van der Waals surface area contributed by atoms with E-state index in [1.165, 1.54) is 29.2 Å². The van der Waals surface area contributed by atoms with Crippen LogP contribution in [-0.4, -0.2) is 24.0 Å². The van der Waals surface area contributed by atoms with E-state index in [1.807, 2.05) is 0 Å². The molecule has 0 bridgehead atoms. The Morgan fingerprint density at radius 1 is 0.893 bits per heavy atom. The van der Waals surface area contributed by atoms with Gasteiger partial charge in [-0.25, -0.2) is 4.79 Å². The Hall–Kier alpha value is -2.71. The maximum Gasteiger partial charge on any atom is 0.417 e. The summed E-state index contributed by atoms with van der Waals surface area (Å²) >= 11 is 0. The highest BCUT2D eigenvalue weighted by Crippen LogP contribution is 2.40. The fourth-order valence-electron chi connectivity index (χ4n) is 2.65. The van der Waals surface area contributed by atoms with Gasteiger partial charge in [-0.2, -0.15) is 26.3 Å². The molecule has 2 amide bonds. The Morgan fingerprint density at radius 2 is 1.46 bits per heavy atom. The van der Waals surface area contributed by atoms with Gasteiger partial charge in [0, 0.05) is 18.8 Å². The number of rotatable bonds is 4. The van der Waals surface area contributed by atoms with Gasteiger partial charge in [0.15, 0.2) is 0 Å². The summed E-state index contributed by atoms with van der Waals surface area (Å²) in [6.45, 7) is 4.52. The fraction of sp³-hybridized carbons (Fsp3) is 0.316. The van der Waals surface area contributed by atoms with Crippen LogP contribution in [0.2, 0.25) is 0 Å². The number of anilines is 1. The second-order valence-electron chi connectivity index (χ2n) is 5.94. The van der Waals surface area contributed by atoms with E-state index in [9.17, 15) is 31.1 Å². The molecule has 152 valence electrons. The molecule has 0 atom stereocenters. The fourth-order valence-corrected chi connectivity index (χ4v) is 2.65. The Kier molecular flexibility index (Phi) is 6.26. The molecule has 0 saturated carbocycles. The number of carbonyl (C=O) groups is 1. The number of alkyl halides is 6. The second kappa shape index (κ2) is 8.12. The highest BCUT2D eigenvalue weighted by Gasteiger charge is 2.37. The predicted molar refractivity (Wildman–Crippen MR) is 93.8 cm³/mol. The van der Waals surface area contributed by atoms with Gasteiger partial charge in [-0.1, -0.05) is 12.1 Å². The van der Waals surface area contributed by atoms with E-state index < -0.39 is 29.0 Å². The number of carbonyl (C=O) groups excluding carboxylic acids is 1. The van der Waals surface area contributed by atoms with Crippen LogP contribution in [0, 0.1) is 0 Å². The molecule has 0 aliphatic rings. The lowest BCUT2D eigenvalue weighted by Crippen LogP contribution is -2.34. The Balaban J connectivity index is 2.40. The van der Waals surface area contributed by atoms with Crippen molar-refractivity contribution in [2.24, 2.45) is 0 Å². The first-order chi connectivity index (χ1) is 13.0. The maximum atomic E-state index is 13.2.